The number of rotatable bonds is 4. The number of nitrogens with one attached hydrogen (secondary N) is 1. The molecule has 2 heterocycles. The molecule has 1 aliphatic carbocycles. The van der Waals surface area contributed by atoms with E-state index in [0.717, 1.165) is 31.5 Å². The highest BCUT2D eigenvalue weighted by molar-refractivity contribution is 5.58. The first-order valence-electron chi connectivity index (χ1n) is 8.45. The Kier molecular flexibility index (Phi) is 5.52. The third-order valence-corrected chi connectivity index (χ3v) is 4.53. The van der Waals surface area contributed by atoms with Crippen LogP contribution in [0, 0.1) is 5.82 Å². The van der Waals surface area contributed by atoms with Crippen molar-refractivity contribution in [3.63, 3.8) is 0 Å². The molecule has 0 spiro atoms. The predicted molar refractivity (Wildman–Crippen MR) is 87.5 cm³/mol. The maximum atomic E-state index is 14.0. The van der Waals surface area contributed by atoms with E-state index in [1.54, 1.807) is 0 Å². The lowest BCUT2D eigenvalue weighted by Crippen LogP contribution is -2.41. The van der Waals surface area contributed by atoms with Crippen LogP contribution in [0.15, 0.2) is 30.5 Å². The zero-order valence-corrected chi connectivity index (χ0v) is 13.9. The van der Waals surface area contributed by atoms with Gasteiger partial charge in [-0.1, -0.05) is 12.8 Å². The molecule has 0 unspecified atom stereocenters. The summed E-state index contributed by atoms with van der Waals surface area (Å²) in [6.45, 7) is 0.134. The summed E-state index contributed by atoms with van der Waals surface area (Å²) in [6, 6.07) is 4.66. The summed E-state index contributed by atoms with van der Waals surface area (Å²) in [5.41, 5.74) is -0.123. The van der Waals surface area contributed by atoms with Crippen molar-refractivity contribution in [2.45, 2.75) is 50.6 Å². The molecule has 2 atom stereocenters. The normalized spacial score (nSPS) is 21.0. The van der Waals surface area contributed by atoms with Crippen LogP contribution >= 0.6 is 0 Å². The van der Waals surface area contributed by atoms with Crippen LogP contribution in [0.4, 0.5) is 17.6 Å². The van der Waals surface area contributed by atoms with Crippen LogP contribution in [-0.4, -0.2) is 27.2 Å². The number of pyridine rings is 2. The molecule has 8 heteroatoms. The Morgan fingerprint density at radius 1 is 1.12 bits per heavy atom. The van der Waals surface area contributed by atoms with Gasteiger partial charge in [0.25, 0.3) is 0 Å². The molecule has 0 bridgehead atoms. The van der Waals surface area contributed by atoms with Crippen LogP contribution in [0.5, 0.6) is 0 Å². The average molecular weight is 369 g/mol. The number of aliphatic hydroxyl groups is 1. The fourth-order valence-electron chi connectivity index (χ4n) is 3.06. The Morgan fingerprint density at radius 3 is 2.54 bits per heavy atom. The Bertz CT molecular complexity index is 749. The van der Waals surface area contributed by atoms with Crippen LogP contribution in [0.25, 0.3) is 11.3 Å². The first-order valence-corrected chi connectivity index (χ1v) is 8.45. The van der Waals surface area contributed by atoms with Crippen LogP contribution in [-0.2, 0) is 12.7 Å². The molecule has 140 valence electrons. The maximum Gasteiger partial charge on any atom is 0.433 e. The van der Waals surface area contributed by atoms with Crippen molar-refractivity contribution in [1.29, 1.82) is 0 Å². The van der Waals surface area contributed by atoms with Gasteiger partial charge in [0.2, 0.25) is 0 Å². The molecule has 4 nitrogen and oxygen atoms in total. The minimum atomic E-state index is -4.51. The summed E-state index contributed by atoms with van der Waals surface area (Å²) in [6.07, 6.45) is -0.398. The predicted octanol–water partition coefficient (Wildman–Crippen LogP) is 3.69. The highest BCUT2D eigenvalue weighted by Crippen LogP contribution is 2.28. The molecule has 2 aromatic heterocycles. The summed E-state index contributed by atoms with van der Waals surface area (Å²) in [4.78, 5) is 7.60. The van der Waals surface area contributed by atoms with E-state index in [9.17, 15) is 22.7 Å². The molecule has 0 radical (unpaired) electrons. The second-order valence-electron chi connectivity index (χ2n) is 6.39. The SMILES string of the molecule is O[C@H]1CCCC[C@@H]1NCc1nc(-c2ccc(C(F)(F)F)nc2)ccc1F. The molecule has 0 aliphatic heterocycles. The minimum Gasteiger partial charge on any atom is -0.392 e. The zero-order valence-electron chi connectivity index (χ0n) is 13.9. The smallest absolute Gasteiger partial charge is 0.392 e. The Hall–Kier alpha value is -2.06. The number of halogens is 4. The third kappa shape index (κ3) is 4.37. The highest BCUT2D eigenvalue weighted by atomic mass is 19.4. The lowest BCUT2D eigenvalue weighted by atomic mass is 9.92. The van der Waals surface area contributed by atoms with Crippen LogP contribution < -0.4 is 5.32 Å². The summed E-state index contributed by atoms with van der Waals surface area (Å²) < 4.78 is 51.8. The van der Waals surface area contributed by atoms with Crippen molar-refractivity contribution >= 4 is 0 Å². The lowest BCUT2D eigenvalue weighted by Gasteiger charge is -2.28. The van der Waals surface area contributed by atoms with E-state index in [2.05, 4.69) is 15.3 Å². The lowest BCUT2D eigenvalue weighted by molar-refractivity contribution is -0.141. The van der Waals surface area contributed by atoms with Crippen molar-refractivity contribution < 1.29 is 22.7 Å². The molecule has 1 saturated carbocycles. The van der Waals surface area contributed by atoms with E-state index in [1.165, 1.54) is 18.2 Å². The fourth-order valence-corrected chi connectivity index (χ4v) is 3.06. The van der Waals surface area contributed by atoms with E-state index in [0.29, 0.717) is 17.7 Å². The van der Waals surface area contributed by atoms with Crippen LogP contribution in [0.2, 0.25) is 0 Å². The molecule has 1 aliphatic rings. The third-order valence-electron chi connectivity index (χ3n) is 4.53. The van der Waals surface area contributed by atoms with E-state index in [-0.39, 0.29) is 18.3 Å². The highest BCUT2D eigenvalue weighted by Gasteiger charge is 2.32. The van der Waals surface area contributed by atoms with Gasteiger partial charge in [0.1, 0.15) is 11.5 Å². The van der Waals surface area contributed by atoms with E-state index in [4.69, 9.17) is 0 Å². The number of hydrogen-bond donors (Lipinski definition) is 2. The van der Waals surface area contributed by atoms with Crippen molar-refractivity contribution in [1.82, 2.24) is 15.3 Å². The maximum absolute atomic E-state index is 14.0. The van der Waals surface area contributed by atoms with Gasteiger partial charge in [-0.05, 0) is 37.1 Å². The quantitative estimate of drug-likeness (QED) is 0.807. The number of alkyl halides is 3. The Morgan fingerprint density at radius 2 is 1.88 bits per heavy atom. The van der Waals surface area contributed by atoms with Gasteiger partial charge in [-0.15, -0.1) is 0 Å². The van der Waals surface area contributed by atoms with Crippen molar-refractivity contribution in [2.24, 2.45) is 0 Å². The van der Waals surface area contributed by atoms with Gasteiger partial charge in [0.15, 0.2) is 0 Å². The molecule has 0 aromatic carbocycles. The topological polar surface area (TPSA) is 58.0 Å². The van der Waals surface area contributed by atoms with Crippen molar-refractivity contribution in [2.75, 3.05) is 0 Å². The van der Waals surface area contributed by atoms with Gasteiger partial charge < -0.3 is 10.4 Å². The molecule has 1 fully saturated rings. The molecule has 0 saturated heterocycles. The zero-order chi connectivity index (χ0) is 18.7. The molecule has 0 amide bonds. The van der Waals surface area contributed by atoms with E-state index < -0.39 is 23.8 Å². The van der Waals surface area contributed by atoms with Crippen LogP contribution in [0.1, 0.15) is 37.1 Å². The summed E-state index contributed by atoms with van der Waals surface area (Å²) in [5, 5.41) is 13.1. The summed E-state index contributed by atoms with van der Waals surface area (Å²) in [7, 11) is 0. The van der Waals surface area contributed by atoms with Gasteiger partial charge in [0.05, 0.1) is 17.5 Å². The van der Waals surface area contributed by atoms with E-state index >= 15 is 0 Å². The first-order chi connectivity index (χ1) is 12.3. The Labute approximate surface area is 148 Å². The largest absolute Gasteiger partial charge is 0.433 e. The summed E-state index contributed by atoms with van der Waals surface area (Å²) in [5.74, 6) is -0.508. The number of aromatic nitrogens is 2. The second kappa shape index (κ2) is 7.67. The molecule has 26 heavy (non-hydrogen) atoms. The number of hydrogen-bond acceptors (Lipinski definition) is 4. The number of nitrogens with zero attached hydrogens (tertiary/aromatic N) is 2. The summed E-state index contributed by atoms with van der Waals surface area (Å²) >= 11 is 0. The van der Waals surface area contributed by atoms with E-state index in [1.807, 2.05) is 0 Å². The van der Waals surface area contributed by atoms with Gasteiger partial charge in [-0.25, -0.2) is 9.37 Å². The molecular formula is C18H19F4N3O. The number of aliphatic hydroxyl groups excluding tert-OH is 1. The van der Waals surface area contributed by atoms with Gasteiger partial charge >= 0.3 is 6.18 Å². The first kappa shape index (κ1) is 18.7. The second-order valence-corrected chi connectivity index (χ2v) is 6.39. The Balaban J connectivity index is 1.75. The monoisotopic (exact) mass is 369 g/mol. The minimum absolute atomic E-state index is 0.110. The fraction of sp³-hybridized carbons (Fsp3) is 0.444. The van der Waals surface area contributed by atoms with Gasteiger partial charge in [0, 0.05) is 24.3 Å². The molecule has 2 aromatic rings. The molecular weight excluding hydrogens is 350 g/mol. The standard InChI is InChI=1S/C18H19F4N3O/c19-12-6-7-13(11-5-8-17(24-9-11)18(20,21)22)25-15(12)10-23-14-3-1-2-4-16(14)26/h5-9,14,16,23,26H,1-4,10H2/t14-,16-/m0/s1. The van der Waals surface area contributed by atoms with Gasteiger partial charge in [-0.3, -0.25) is 4.98 Å². The van der Waals surface area contributed by atoms with Crippen molar-refractivity contribution in [3.8, 4) is 11.3 Å². The van der Waals surface area contributed by atoms with Crippen LogP contribution in [0.3, 0.4) is 0 Å². The average Bonchev–Trinajstić information content (AvgIpc) is 2.62. The molecule has 2 N–H and O–H groups in total. The molecule has 3 rings (SSSR count). The van der Waals surface area contributed by atoms with Gasteiger partial charge in [-0.2, -0.15) is 13.2 Å². The van der Waals surface area contributed by atoms with Crippen molar-refractivity contribution in [3.05, 3.63) is 47.7 Å².